The summed E-state index contributed by atoms with van der Waals surface area (Å²) in [6.45, 7) is 3.17. The largest absolute Gasteiger partial charge is 0.350 e. The molecule has 1 amide bonds. The van der Waals surface area contributed by atoms with Crippen LogP contribution in [0.25, 0.3) is 0 Å². The van der Waals surface area contributed by atoms with Crippen molar-refractivity contribution >= 4 is 21.6 Å². The molecule has 0 aliphatic carbocycles. The average Bonchev–Trinajstić information content (AvgIpc) is 2.73. The highest BCUT2D eigenvalue weighted by atomic mass is 32.2. The molecule has 0 unspecified atom stereocenters. The van der Waals surface area contributed by atoms with Crippen molar-refractivity contribution in [2.45, 2.75) is 25.3 Å². The van der Waals surface area contributed by atoms with E-state index in [2.05, 4.69) is 5.32 Å². The van der Waals surface area contributed by atoms with Crippen molar-refractivity contribution in [1.29, 1.82) is 0 Å². The summed E-state index contributed by atoms with van der Waals surface area (Å²) in [4.78, 5) is 12.7. The Bertz CT molecular complexity index is 1150. The molecule has 0 bridgehead atoms. The topological polar surface area (TPSA) is 66.5 Å². The van der Waals surface area contributed by atoms with Crippen molar-refractivity contribution in [2.75, 3.05) is 10.8 Å². The molecule has 0 saturated carbocycles. The summed E-state index contributed by atoms with van der Waals surface area (Å²) < 4.78 is 41.3. The number of carbonyl (C=O) groups is 1. The third-order valence-corrected chi connectivity index (χ3v) is 6.40. The zero-order valence-electron chi connectivity index (χ0n) is 16.8. The Kier molecular flexibility index (Phi) is 6.52. The number of nitrogens with one attached hydrogen (secondary N) is 1. The molecular formula is C23H23FN2O3S. The number of sulfonamides is 1. The van der Waals surface area contributed by atoms with Gasteiger partial charge in [0.25, 0.3) is 10.0 Å². The smallest absolute Gasteiger partial charge is 0.264 e. The van der Waals surface area contributed by atoms with Gasteiger partial charge in [0.2, 0.25) is 5.91 Å². The summed E-state index contributed by atoms with van der Waals surface area (Å²) in [5.41, 5.74) is 2.30. The van der Waals surface area contributed by atoms with E-state index in [1.807, 2.05) is 0 Å². The minimum absolute atomic E-state index is 0.100. The molecule has 0 spiro atoms. The Labute approximate surface area is 176 Å². The number of halogens is 1. The summed E-state index contributed by atoms with van der Waals surface area (Å²) >= 11 is 0. The van der Waals surface area contributed by atoms with Crippen LogP contribution in [0.4, 0.5) is 10.1 Å². The van der Waals surface area contributed by atoms with E-state index in [1.54, 1.807) is 74.5 Å². The van der Waals surface area contributed by atoms with Crippen molar-refractivity contribution in [3.05, 3.63) is 95.3 Å². The van der Waals surface area contributed by atoms with Crippen LogP contribution < -0.4 is 9.62 Å². The van der Waals surface area contributed by atoms with E-state index < -0.39 is 22.5 Å². The Balaban J connectivity index is 1.82. The fraction of sp³-hybridized carbons (Fsp3) is 0.174. The number of rotatable bonds is 7. The van der Waals surface area contributed by atoms with E-state index in [1.165, 1.54) is 12.1 Å². The molecule has 0 fully saturated rings. The minimum Gasteiger partial charge on any atom is -0.350 e. The summed E-state index contributed by atoms with van der Waals surface area (Å²) in [7, 11) is -3.95. The standard InChI is InChI=1S/C23H23FN2O3S/c1-17-7-6-10-21(13-17)30(28,29)26(20-8-4-3-5-9-20)16-23(27)25-15-19-12-11-18(2)22(24)14-19/h3-14H,15-16H2,1-2H3,(H,25,27). The second-order valence-electron chi connectivity index (χ2n) is 7.02. The number of hydrogen-bond acceptors (Lipinski definition) is 3. The maximum atomic E-state index is 13.7. The summed E-state index contributed by atoms with van der Waals surface area (Å²) in [6.07, 6.45) is 0. The lowest BCUT2D eigenvalue weighted by atomic mass is 10.1. The minimum atomic E-state index is -3.95. The second-order valence-corrected chi connectivity index (χ2v) is 8.89. The van der Waals surface area contributed by atoms with Crippen LogP contribution in [0, 0.1) is 19.7 Å². The van der Waals surface area contributed by atoms with Crippen LogP contribution in [-0.4, -0.2) is 20.9 Å². The number of amides is 1. The van der Waals surface area contributed by atoms with Gasteiger partial charge in [0.05, 0.1) is 10.6 Å². The number of benzene rings is 3. The number of anilines is 1. The van der Waals surface area contributed by atoms with E-state index in [-0.39, 0.29) is 17.3 Å². The van der Waals surface area contributed by atoms with Gasteiger partial charge in [-0.05, 0) is 60.9 Å². The van der Waals surface area contributed by atoms with Gasteiger partial charge in [-0.2, -0.15) is 0 Å². The van der Waals surface area contributed by atoms with Gasteiger partial charge in [-0.3, -0.25) is 9.10 Å². The molecule has 0 radical (unpaired) electrons. The summed E-state index contributed by atoms with van der Waals surface area (Å²) in [5, 5.41) is 2.67. The van der Waals surface area contributed by atoms with Crippen LogP contribution in [-0.2, 0) is 21.4 Å². The van der Waals surface area contributed by atoms with Gasteiger partial charge in [-0.1, -0.05) is 42.5 Å². The lowest BCUT2D eigenvalue weighted by molar-refractivity contribution is -0.119. The maximum absolute atomic E-state index is 13.7. The molecule has 3 aromatic carbocycles. The van der Waals surface area contributed by atoms with E-state index in [9.17, 15) is 17.6 Å². The summed E-state index contributed by atoms with van der Waals surface area (Å²) in [6, 6.07) is 19.7. The predicted octanol–water partition coefficient (Wildman–Crippen LogP) is 3.95. The highest BCUT2D eigenvalue weighted by Crippen LogP contribution is 2.24. The number of carbonyl (C=O) groups excluding carboxylic acids is 1. The van der Waals surface area contributed by atoms with Crippen molar-refractivity contribution in [2.24, 2.45) is 0 Å². The molecule has 0 aromatic heterocycles. The van der Waals surface area contributed by atoms with Gasteiger partial charge in [-0.25, -0.2) is 12.8 Å². The molecule has 30 heavy (non-hydrogen) atoms. The van der Waals surface area contributed by atoms with Crippen molar-refractivity contribution in [3.63, 3.8) is 0 Å². The monoisotopic (exact) mass is 426 g/mol. The molecule has 0 atom stereocenters. The van der Waals surface area contributed by atoms with Crippen LogP contribution in [0.5, 0.6) is 0 Å². The normalized spacial score (nSPS) is 11.2. The molecular weight excluding hydrogens is 403 g/mol. The molecule has 5 nitrogen and oxygen atoms in total. The van der Waals surface area contributed by atoms with E-state index in [4.69, 9.17) is 0 Å². The molecule has 3 aromatic rings. The fourth-order valence-corrected chi connectivity index (χ4v) is 4.47. The van der Waals surface area contributed by atoms with E-state index in [0.717, 1.165) is 9.87 Å². The Hall–Kier alpha value is -3.19. The van der Waals surface area contributed by atoms with E-state index in [0.29, 0.717) is 16.8 Å². The van der Waals surface area contributed by atoms with E-state index >= 15 is 0 Å². The average molecular weight is 427 g/mol. The molecule has 0 aliphatic heterocycles. The van der Waals surface area contributed by atoms with Crippen molar-refractivity contribution in [1.82, 2.24) is 5.32 Å². The first kappa shape index (κ1) is 21.5. The molecule has 0 aliphatic rings. The first-order valence-corrected chi connectivity index (χ1v) is 10.9. The zero-order chi connectivity index (χ0) is 21.7. The van der Waals surface area contributed by atoms with Crippen LogP contribution in [0.2, 0.25) is 0 Å². The van der Waals surface area contributed by atoms with Crippen LogP contribution in [0.15, 0.2) is 77.7 Å². The Morgan fingerprint density at radius 3 is 2.37 bits per heavy atom. The fourth-order valence-electron chi connectivity index (χ4n) is 2.95. The number of nitrogens with zero attached hydrogens (tertiary/aromatic N) is 1. The zero-order valence-corrected chi connectivity index (χ0v) is 17.6. The lowest BCUT2D eigenvalue weighted by Crippen LogP contribution is -2.40. The maximum Gasteiger partial charge on any atom is 0.264 e. The predicted molar refractivity (Wildman–Crippen MR) is 115 cm³/mol. The molecule has 1 N–H and O–H groups in total. The number of aryl methyl sites for hydroxylation is 2. The van der Waals surface area contributed by atoms with Crippen molar-refractivity contribution in [3.8, 4) is 0 Å². The highest BCUT2D eigenvalue weighted by molar-refractivity contribution is 7.92. The SMILES string of the molecule is Cc1cccc(S(=O)(=O)N(CC(=O)NCc2ccc(C)c(F)c2)c2ccccc2)c1. The van der Waals surface area contributed by atoms with Gasteiger partial charge in [0.1, 0.15) is 12.4 Å². The molecule has 7 heteroatoms. The first-order valence-electron chi connectivity index (χ1n) is 9.43. The van der Waals surface area contributed by atoms with Gasteiger partial charge < -0.3 is 5.32 Å². The second kappa shape index (κ2) is 9.09. The third kappa shape index (κ3) is 5.04. The van der Waals surface area contributed by atoms with Crippen LogP contribution >= 0.6 is 0 Å². The quantitative estimate of drug-likeness (QED) is 0.622. The van der Waals surface area contributed by atoms with Gasteiger partial charge in [0.15, 0.2) is 0 Å². The highest BCUT2D eigenvalue weighted by Gasteiger charge is 2.27. The molecule has 156 valence electrons. The first-order chi connectivity index (χ1) is 14.3. The van der Waals surface area contributed by atoms with Gasteiger partial charge in [-0.15, -0.1) is 0 Å². The third-order valence-electron chi connectivity index (χ3n) is 4.63. The summed E-state index contributed by atoms with van der Waals surface area (Å²) in [5.74, 6) is -0.842. The van der Waals surface area contributed by atoms with Gasteiger partial charge in [0, 0.05) is 6.54 Å². The lowest BCUT2D eigenvalue weighted by Gasteiger charge is -2.24. The molecule has 3 rings (SSSR count). The Morgan fingerprint density at radius 1 is 0.967 bits per heavy atom. The van der Waals surface area contributed by atoms with Crippen LogP contribution in [0.1, 0.15) is 16.7 Å². The molecule has 0 heterocycles. The number of para-hydroxylation sites is 1. The van der Waals surface area contributed by atoms with Crippen LogP contribution in [0.3, 0.4) is 0 Å². The Morgan fingerprint density at radius 2 is 1.70 bits per heavy atom. The molecule has 0 saturated heterocycles. The number of hydrogen-bond donors (Lipinski definition) is 1. The van der Waals surface area contributed by atoms with Crippen molar-refractivity contribution < 1.29 is 17.6 Å². The van der Waals surface area contributed by atoms with Gasteiger partial charge >= 0.3 is 0 Å².